The first kappa shape index (κ1) is 15.5. The second kappa shape index (κ2) is 6.56. The molecule has 5 nitrogen and oxygen atoms in total. The van der Waals surface area contributed by atoms with Gasteiger partial charge in [-0.15, -0.1) is 0 Å². The number of amides is 1. The molecule has 0 heterocycles. The monoisotopic (exact) mass is 285 g/mol. The van der Waals surface area contributed by atoms with Crippen LogP contribution in [-0.4, -0.2) is 39.5 Å². The van der Waals surface area contributed by atoms with Crippen LogP contribution in [0.5, 0.6) is 5.75 Å². The van der Waals surface area contributed by atoms with Gasteiger partial charge in [0.1, 0.15) is 11.0 Å². The third-order valence-electron chi connectivity index (χ3n) is 2.99. The van der Waals surface area contributed by atoms with E-state index in [1.807, 2.05) is 12.1 Å². The zero-order valence-corrected chi connectivity index (χ0v) is 12.2. The largest absolute Gasteiger partial charge is 0.497 e. The lowest BCUT2D eigenvalue weighted by molar-refractivity contribution is -0.119. The van der Waals surface area contributed by atoms with Crippen LogP contribution in [0.4, 0.5) is 0 Å². The Morgan fingerprint density at radius 3 is 2.37 bits per heavy atom. The fraction of sp³-hybridized carbons (Fsp3) is 0.462. The minimum absolute atomic E-state index is 0.0477. The number of ether oxygens (including phenoxy) is 1. The van der Waals surface area contributed by atoms with Crippen LogP contribution in [-0.2, 0) is 21.1 Å². The number of benzene rings is 1. The summed E-state index contributed by atoms with van der Waals surface area (Å²) in [6.45, 7) is 1.40. The molecular formula is C13H19NO4S. The molecule has 1 aromatic carbocycles. The molecule has 106 valence electrons. The maximum atomic E-state index is 11.9. The standard InChI is InChI=1S/C13H19NO4S/c1-10(13(15)14-2)19(16,17)9-8-11-4-6-12(18-3)7-5-11/h4-7,10H,8-9H2,1-3H3,(H,14,15). The Labute approximate surface area is 113 Å². The molecule has 0 aromatic heterocycles. The van der Waals surface area contributed by atoms with Crippen LogP contribution in [0.3, 0.4) is 0 Å². The summed E-state index contributed by atoms with van der Waals surface area (Å²) in [6, 6.07) is 7.20. The summed E-state index contributed by atoms with van der Waals surface area (Å²) in [5.41, 5.74) is 0.897. The molecule has 1 amide bonds. The summed E-state index contributed by atoms with van der Waals surface area (Å²) in [6.07, 6.45) is 0.383. The zero-order chi connectivity index (χ0) is 14.5. The van der Waals surface area contributed by atoms with Gasteiger partial charge in [-0.3, -0.25) is 4.79 Å². The molecule has 0 fully saturated rings. The smallest absolute Gasteiger partial charge is 0.237 e. The van der Waals surface area contributed by atoms with Gasteiger partial charge in [-0.25, -0.2) is 8.42 Å². The quantitative estimate of drug-likeness (QED) is 0.838. The third-order valence-corrected chi connectivity index (χ3v) is 5.05. The van der Waals surface area contributed by atoms with E-state index in [1.54, 1.807) is 19.2 Å². The molecule has 0 spiro atoms. The summed E-state index contributed by atoms with van der Waals surface area (Å²) < 4.78 is 28.9. The van der Waals surface area contributed by atoms with Crippen molar-refractivity contribution < 1.29 is 17.9 Å². The number of hydrogen-bond donors (Lipinski definition) is 1. The van der Waals surface area contributed by atoms with Gasteiger partial charge in [0, 0.05) is 7.05 Å². The number of aryl methyl sites for hydroxylation is 1. The number of rotatable bonds is 6. The lowest BCUT2D eigenvalue weighted by Gasteiger charge is -2.11. The summed E-state index contributed by atoms with van der Waals surface area (Å²) in [4.78, 5) is 11.3. The van der Waals surface area contributed by atoms with E-state index in [4.69, 9.17) is 4.74 Å². The number of nitrogens with one attached hydrogen (secondary N) is 1. The summed E-state index contributed by atoms with van der Waals surface area (Å²) >= 11 is 0. The summed E-state index contributed by atoms with van der Waals surface area (Å²) in [7, 11) is -0.426. The highest BCUT2D eigenvalue weighted by Crippen LogP contribution is 2.13. The zero-order valence-electron chi connectivity index (χ0n) is 11.3. The number of sulfone groups is 1. The first-order valence-electron chi connectivity index (χ1n) is 5.97. The van der Waals surface area contributed by atoms with Crippen LogP contribution >= 0.6 is 0 Å². The number of carbonyl (C=O) groups is 1. The maximum Gasteiger partial charge on any atom is 0.237 e. The fourth-order valence-corrected chi connectivity index (χ4v) is 2.91. The van der Waals surface area contributed by atoms with Crippen LogP contribution < -0.4 is 10.1 Å². The first-order valence-corrected chi connectivity index (χ1v) is 7.68. The number of hydrogen-bond acceptors (Lipinski definition) is 4. The SMILES string of the molecule is CNC(=O)C(C)S(=O)(=O)CCc1ccc(OC)cc1. The molecule has 6 heteroatoms. The highest BCUT2D eigenvalue weighted by Gasteiger charge is 2.26. The van der Waals surface area contributed by atoms with Crippen molar-refractivity contribution in [2.75, 3.05) is 19.9 Å². The van der Waals surface area contributed by atoms with Crippen molar-refractivity contribution >= 4 is 15.7 Å². The van der Waals surface area contributed by atoms with Crippen molar-refractivity contribution in [3.63, 3.8) is 0 Å². The van der Waals surface area contributed by atoms with Gasteiger partial charge in [0.15, 0.2) is 9.84 Å². The topological polar surface area (TPSA) is 72.5 Å². The molecule has 1 aromatic rings. The Balaban J connectivity index is 2.66. The molecule has 1 rings (SSSR count). The molecule has 0 radical (unpaired) electrons. The Hall–Kier alpha value is -1.56. The minimum atomic E-state index is -3.43. The molecule has 1 atom stereocenters. The van der Waals surface area contributed by atoms with E-state index < -0.39 is 21.0 Å². The van der Waals surface area contributed by atoms with Crippen molar-refractivity contribution in [3.05, 3.63) is 29.8 Å². The predicted octanol–water partition coefficient (Wildman–Crippen LogP) is 0.787. The Bertz CT molecular complexity index is 522. The van der Waals surface area contributed by atoms with E-state index in [2.05, 4.69) is 5.32 Å². The highest BCUT2D eigenvalue weighted by molar-refractivity contribution is 7.92. The van der Waals surface area contributed by atoms with Gasteiger partial charge in [-0.2, -0.15) is 0 Å². The Morgan fingerprint density at radius 2 is 1.89 bits per heavy atom. The van der Waals surface area contributed by atoms with Gasteiger partial charge >= 0.3 is 0 Å². The van der Waals surface area contributed by atoms with Crippen LogP contribution in [0.15, 0.2) is 24.3 Å². The fourth-order valence-electron chi connectivity index (χ4n) is 1.60. The van der Waals surface area contributed by atoms with Crippen molar-refractivity contribution in [2.45, 2.75) is 18.6 Å². The van der Waals surface area contributed by atoms with Crippen LogP contribution in [0.25, 0.3) is 0 Å². The molecule has 0 saturated carbocycles. The van der Waals surface area contributed by atoms with Crippen LogP contribution in [0.1, 0.15) is 12.5 Å². The van der Waals surface area contributed by atoms with Gasteiger partial charge in [-0.1, -0.05) is 12.1 Å². The van der Waals surface area contributed by atoms with Gasteiger partial charge in [0.05, 0.1) is 12.9 Å². The average Bonchev–Trinajstić information content (AvgIpc) is 2.44. The lowest BCUT2D eigenvalue weighted by atomic mass is 10.2. The van der Waals surface area contributed by atoms with E-state index in [-0.39, 0.29) is 5.75 Å². The predicted molar refractivity (Wildman–Crippen MR) is 74.0 cm³/mol. The second-order valence-electron chi connectivity index (χ2n) is 4.22. The molecule has 1 N–H and O–H groups in total. The molecule has 0 aliphatic carbocycles. The van der Waals surface area contributed by atoms with Crippen molar-refractivity contribution in [1.29, 1.82) is 0 Å². The normalized spacial score (nSPS) is 12.8. The summed E-state index contributed by atoms with van der Waals surface area (Å²) in [5.74, 6) is 0.202. The van der Waals surface area contributed by atoms with Gasteiger partial charge < -0.3 is 10.1 Å². The van der Waals surface area contributed by atoms with E-state index in [9.17, 15) is 13.2 Å². The molecule has 0 saturated heterocycles. The minimum Gasteiger partial charge on any atom is -0.497 e. The van der Waals surface area contributed by atoms with Crippen LogP contribution in [0, 0.1) is 0 Å². The number of carbonyl (C=O) groups excluding carboxylic acids is 1. The Kier molecular flexibility index (Phi) is 5.35. The molecule has 0 aliphatic heterocycles. The maximum absolute atomic E-state index is 11.9. The van der Waals surface area contributed by atoms with Gasteiger partial charge in [0.25, 0.3) is 0 Å². The summed E-state index contributed by atoms with van der Waals surface area (Å²) in [5, 5.41) is 1.33. The van der Waals surface area contributed by atoms with Crippen molar-refractivity contribution in [1.82, 2.24) is 5.32 Å². The molecule has 0 bridgehead atoms. The van der Waals surface area contributed by atoms with E-state index in [0.29, 0.717) is 6.42 Å². The van der Waals surface area contributed by atoms with Crippen molar-refractivity contribution in [2.24, 2.45) is 0 Å². The van der Waals surface area contributed by atoms with Gasteiger partial charge in [0.2, 0.25) is 5.91 Å². The second-order valence-corrected chi connectivity index (χ2v) is 6.66. The third kappa shape index (κ3) is 4.24. The number of methoxy groups -OCH3 is 1. The molecular weight excluding hydrogens is 266 g/mol. The molecule has 1 unspecified atom stereocenters. The van der Waals surface area contributed by atoms with Crippen LogP contribution in [0.2, 0.25) is 0 Å². The molecule has 19 heavy (non-hydrogen) atoms. The van der Waals surface area contributed by atoms with Gasteiger partial charge in [-0.05, 0) is 31.0 Å². The van der Waals surface area contributed by atoms with E-state index >= 15 is 0 Å². The van der Waals surface area contributed by atoms with Crippen molar-refractivity contribution in [3.8, 4) is 5.75 Å². The van der Waals surface area contributed by atoms with E-state index in [0.717, 1.165) is 11.3 Å². The van der Waals surface area contributed by atoms with E-state index in [1.165, 1.54) is 14.0 Å². The Morgan fingerprint density at radius 1 is 1.32 bits per heavy atom. The molecule has 0 aliphatic rings. The lowest BCUT2D eigenvalue weighted by Crippen LogP contribution is -2.37. The highest BCUT2D eigenvalue weighted by atomic mass is 32.2. The first-order chi connectivity index (χ1) is 8.90. The average molecular weight is 285 g/mol.